The van der Waals surface area contributed by atoms with Crippen LogP contribution >= 0.6 is 0 Å². The Bertz CT molecular complexity index is 316. The SMILES string of the molecule is CCCCN(C)c1cc(OC)nc(N)n1. The number of ether oxygens (including phenoxy) is 1. The van der Waals surface area contributed by atoms with E-state index in [-0.39, 0.29) is 5.95 Å². The van der Waals surface area contributed by atoms with Crippen molar-refractivity contribution in [1.29, 1.82) is 0 Å². The second kappa shape index (κ2) is 5.38. The van der Waals surface area contributed by atoms with Gasteiger partial charge in [-0.2, -0.15) is 9.97 Å². The summed E-state index contributed by atoms with van der Waals surface area (Å²) in [5.41, 5.74) is 5.57. The molecule has 0 bridgehead atoms. The molecule has 2 N–H and O–H groups in total. The normalized spacial score (nSPS) is 10.1. The first kappa shape index (κ1) is 11.6. The molecule has 5 nitrogen and oxygen atoms in total. The Labute approximate surface area is 90.3 Å². The molecular weight excluding hydrogens is 192 g/mol. The maximum atomic E-state index is 5.57. The third-order valence-corrected chi connectivity index (χ3v) is 2.15. The molecule has 15 heavy (non-hydrogen) atoms. The molecule has 0 radical (unpaired) electrons. The standard InChI is InChI=1S/C10H18N4O/c1-4-5-6-14(2)8-7-9(15-3)13-10(11)12-8/h7H,4-6H2,1-3H3,(H2,11,12,13). The number of nitrogen functional groups attached to an aromatic ring is 1. The fourth-order valence-corrected chi connectivity index (χ4v) is 1.24. The van der Waals surface area contributed by atoms with Crippen LogP contribution in [0.5, 0.6) is 5.88 Å². The Morgan fingerprint density at radius 1 is 1.47 bits per heavy atom. The first-order chi connectivity index (χ1) is 7.17. The third kappa shape index (κ3) is 3.27. The van der Waals surface area contributed by atoms with E-state index < -0.39 is 0 Å². The molecule has 1 aromatic heterocycles. The molecule has 0 aliphatic heterocycles. The quantitative estimate of drug-likeness (QED) is 0.793. The molecule has 0 aliphatic rings. The van der Waals surface area contributed by atoms with E-state index in [1.807, 2.05) is 11.9 Å². The van der Waals surface area contributed by atoms with Gasteiger partial charge in [-0.25, -0.2) is 0 Å². The van der Waals surface area contributed by atoms with E-state index in [0.717, 1.165) is 25.2 Å². The Morgan fingerprint density at radius 3 is 2.80 bits per heavy atom. The fraction of sp³-hybridized carbons (Fsp3) is 0.600. The van der Waals surface area contributed by atoms with E-state index >= 15 is 0 Å². The molecule has 1 aromatic rings. The highest BCUT2D eigenvalue weighted by atomic mass is 16.5. The van der Waals surface area contributed by atoms with Crippen molar-refractivity contribution < 1.29 is 4.74 Å². The van der Waals surface area contributed by atoms with E-state index in [1.54, 1.807) is 13.2 Å². The minimum atomic E-state index is 0.243. The van der Waals surface area contributed by atoms with Crippen molar-refractivity contribution >= 4 is 11.8 Å². The average molecular weight is 210 g/mol. The smallest absolute Gasteiger partial charge is 0.225 e. The third-order valence-electron chi connectivity index (χ3n) is 2.15. The van der Waals surface area contributed by atoms with Gasteiger partial charge < -0.3 is 15.4 Å². The number of nitrogens with zero attached hydrogens (tertiary/aromatic N) is 3. The molecule has 0 saturated carbocycles. The van der Waals surface area contributed by atoms with Gasteiger partial charge in [0.1, 0.15) is 5.82 Å². The maximum absolute atomic E-state index is 5.57. The van der Waals surface area contributed by atoms with Crippen molar-refractivity contribution in [2.45, 2.75) is 19.8 Å². The average Bonchev–Trinajstić information content (AvgIpc) is 2.24. The highest BCUT2D eigenvalue weighted by Crippen LogP contribution is 2.17. The lowest BCUT2D eigenvalue weighted by Crippen LogP contribution is -2.20. The number of hydrogen-bond acceptors (Lipinski definition) is 5. The molecule has 84 valence electrons. The van der Waals surface area contributed by atoms with Gasteiger partial charge in [-0.05, 0) is 6.42 Å². The summed E-state index contributed by atoms with van der Waals surface area (Å²) in [6.45, 7) is 3.11. The number of nitrogens with two attached hydrogens (primary N) is 1. The van der Waals surface area contributed by atoms with E-state index in [2.05, 4.69) is 16.9 Å². The van der Waals surface area contributed by atoms with E-state index in [9.17, 15) is 0 Å². The Balaban J connectivity index is 2.78. The van der Waals surface area contributed by atoms with Crippen LogP contribution in [0.3, 0.4) is 0 Å². The summed E-state index contributed by atoms with van der Waals surface area (Å²) in [5.74, 6) is 1.54. The van der Waals surface area contributed by atoms with Crippen LogP contribution in [0.15, 0.2) is 6.07 Å². The molecule has 0 aliphatic carbocycles. The van der Waals surface area contributed by atoms with Crippen molar-refractivity contribution in [3.8, 4) is 5.88 Å². The lowest BCUT2D eigenvalue weighted by atomic mass is 10.3. The highest BCUT2D eigenvalue weighted by Gasteiger charge is 2.06. The van der Waals surface area contributed by atoms with Gasteiger partial charge in [0.2, 0.25) is 11.8 Å². The molecule has 1 heterocycles. The largest absolute Gasteiger partial charge is 0.481 e. The number of aromatic nitrogens is 2. The Morgan fingerprint density at radius 2 is 2.20 bits per heavy atom. The Hall–Kier alpha value is -1.52. The molecular formula is C10H18N4O. The molecule has 1 rings (SSSR count). The van der Waals surface area contributed by atoms with Crippen LogP contribution in [0.4, 0.5) is 11.8 Å². The monoisotopic (exact) mass is 210 g/mol. The van der Waals surface area contributed by atoms with Gasteiger partial charge in [0, 0.05) is 19.7 Å². The summed E-state index contributed by atoms with van der Waals surface area (Å²) >= 11 is 0. The molecule has 0 saturated heterocycles. The maximum Gasteiger partial charge on any atom is 0.225 e. The summed E-state index contributed by atoms with van der Waals surface area (Å²) in [6.07, 6.45) is 2.28. The second-order valence-electron chi connectivity index (χ2n) is 3.40. The summed E-state index contributed by atoms with van der Waals surface area (Å²) in [4.78, 5) is 10.1. The second-order valence-corrected chi connectivity index (χ2v) is 3.40. The lowest BCUT2D eigenvalue weighted by molar-refractivity contribution is 0.397. The predicted octanol–water partition coefficient (Wildman–Crippen LogP) is 1.30. The zero-order valence-corrected chi connectivity index (χ0v) is 9.53. The molecule has 5 heteroatoms. The van der Waals surface area contributed by atoms with Crippen molar-refractivity contribution in [3.05, 3.63) is 6.07 Å². The number of anilines is 2. The van der Waals surface area contributed by atoms with Crippen LogP contribution in [0.25, 0.3) is 0 Å². The van der Waals surface area contributed by atoms with Crippen LogP contribution < -0.4 is 15.4 Å². The topological polar surface area (TPSA) is 64.3 Å². The lowest BCUT2D eigenvalue weighted by Gasteiger charge is -2.18. The minimum Gasteiger partial charge on any atom is -0.481 e. The van der Waals surface area contributed by atoms with Gasteiger partial charge in [-0.15, -0.1) is 0 Å². The highest BCUT2D eigenvalue weighted by molar-refractivity contribution is 5.44. The van der Waals surface area contributed by atoms with Crippen LogP contribution in [0.1, 0.15) is 19.8 Å². The molecule has 0 amide bonds. The molecule has 0 spiro atoms. The minimum absolute atomic E-state index is 0.243. The van der Waals surface area contributed by atoms with Crippen LogP contribution in [-0.4, -0.2) is 30.7 Å². The zero-order valence-electron chi connectivity index (χ0n) is 9.53. The zero-order chi connectivity index (χ0) is 11.3. The van der Waals surface area contributed by atoms with Gasteiger partial charge in [-0.1, -0.05) is 13.3 Å². The summed E-state index contributed by atoms with van der Waals surface area (Å²) in [7, 11) is 3.55. The van der Waals surface area contributed by atoms with Gasteiger partial charge >= 0.3 is 0 Å². The van der Waals surface area contributed by atoms with Crippen molar-refractivity contribution in [2.24, 2.45) is 0 Å². The van der Waals surface area contributed by atoms with Gasteiger partial charge in [0.15, 0.2) is 0 Å². The summed E-state index contributed by atoms with van der Waals surface area (Å²) in [6, 6.07) is 1.78. The number of methoxy groups -OCH3 is 1. The number of unbranched alkanes of at least 4 members (excludes halogenated alkanes) is 1. The molecule has 0 unspecified atom stereocenters. The van der Waals surface area contributed by atoms with Crippen LogP contribution in [0.2, 0.25) is 0 Å². The number of rotatable bonds is 5. The van der Waals surface area contributed by atoms with Crippen molar-refractivity contribution in [1.82, 2.24) is 9.97 Å². The number of hydrogen-bond donors (Lipinski definition) is 1. The Kier molecular flexibility index (Phi) is 4.15. The van der Waals surface area contributed by atoms with E-state index in [1.165, 1.54) is 0 Å². The predicted molar refractivity (Wildman–Crippen MR) is 61.2 cm³/mol. The fourth-order valence-electron chi connectivity index (χ4n) is 1.24. The molecule has 0 atom stereocenters. The van der Waals surface area contributed by atoms with Crippen LogP contribution in [0, 0.1) is 0 Å². The first-order valence-corrected chi connectivity index (χ1v) is 5.07. The van der Waals surface area contributed by atoms with E-state index in [4.69, 9.17) is 10.5 Å². The van der Waals surface area contributed by atoms with Crippen molar-refractivity contribution in [2.75, 3.05) is 31.3 Å². The van der Waals surface area contributed by atoms with Gasteiger partial charge in [-0.3, -0.25) is 0 Å². The molecule has 0 fully saturated rings. The van der Waals surface area contributed by atoms with Gasteiger partial charge in [0.05, 0.1) is 7.11 Å². The summed E-state index contributed by atoms with van der Waals surface area (Å²) < 4.78 is 5.03. The first-order valence-electron chi connectivity index (χ1n) is 5.07. The summed E-state index contributed by atoms with van der Waals surface area (Å²) in [5, 5.41) is 0. The van der Waals surface area contributed by atoms with Crippen LogP contribution in [-0.2, 0) is 0 Å². The van der Waals surface area contributed by atoms with Gasteiger partial charge in [0.25, 0.3) is 0 Å². The van der Waals surface area contributed by atoms with Crippen molar-refractivity contribution in [3.63, 3.8) is 0 Å². The molecule has 0 aromatic carbocycles. The van der Waals surface area contributed by atoms with E-state index in [0.29, 0.717) is 5.88 Å².